The quantitative estimate of drug-likeness (QED) is 0.0908. The molecule has 2 aliphatic rings. The van der Waals surface area contributed by atoms with Crippen molar-refractivity contribution in [1.82, 2.24) is 39.4 Å². The Kier molecular flexibility index (Phi) is 13.6. The van der Waals surface area contributed by atoms with Crippen LogP contribution in [0.25, 0.3) is 32.8 Å². The highest BCUT2D eigenvalue weighted by Gasteiger charge is 2.27. The van der Waals surface area contributed by atoms with Gasteiger partial charge in [0.25, 0.3) is 17.0 Å². The molecule has 5 N–H and O–H groups in total. The van der Waals surface area contributed by atoms with Crippen LogP contribution in [0.1, 0.15) is 66.1 Å². The maximum absolute atomic E-state index is 12.7. The number of carbonyl (C=O) groups is 2. The van der Waals surface area contributed by atoms with Crippen LogP contribution in [0.2, 0.25) is 5.15 Å². The minimum absolute atomic E-state index is 0.133. The molecule has 18 heteroatoms. The molecule has 7 aromatic rings. The number of nitrogens with zero attached hydrogens (tertiary/aromatic N) is 5. The summed E-state index contributed by atoms with van der Waals surface area (Å²) in [5.41, 5.74) is 5.10. The van der Waals surface area contributed by atoms with Crippen LogP contribution in [-0.4, -0.2) is 93.8 Å². The van der Waals surface area contributed by atoms with Crippen molar-refractivity contribution in [2.45, 2.75) is 44.4 Å². The summed E-state index contributed by atoms with van der Waals surface area (Å²) in [6, 6.07) is 26.5. The van der Waals surface area contributed by atoms with E-state index in [2.05, 4.69) is 48.0 Å². The number of aromatic nitrogens is 5. The Balaban J connectivity index is 0.000000185. The predicted octanol–water partition coefficient (Wildman–Crippen LogP) is 7.27. The SMILES string of the molecule is CNC(=O)c1ccc(-c2cc3cc[nH]c(=O)c3c(Nc3ccc(C4CCN(C(C)=O)CC4)cc3)n2)cn1.CS(=O)(=O)N1CCCC(c2ccc(Nc3nc(Cl)cc4cc[nH]c(=O)c34)cc2)C1. The molecule has 0 aliphatic carbocycles. The average molecular weight is 930 g/mol. The molecular weight excluding hydrogens is 880 g/mol. The van der Waals surface area contributed by atoms with Gasteiger partial charge in [0.2, 0.25) is 15.9 Å². The molecule has 0 spiro atoms. The van der Waals surface area contributed by atoms with E-state index in [1.165, 1.54) is 11.8 Å². The number of likely N-dealkylation sites (tertiary alicyclic amines) is 1. The van der Waals surface area contributed by atoms with Crippen molar-refractivity contribution >= 4 is 78.0 Å². The second-order valence-electron chi connectivity index (χ2n) is 16.4. The van der Waals surface area contributed by atoms with Gasteiger partial charge in [0.15, 0.2) is 0 Å². The number of nitrogens with one attached hydrogen (secondary N) is 5. The van der Waals surface area contributed by atoms with Crippen LogP contribution < -0.4 is 27.1 Å². The van der Waals surface area contributed by atoms with Crippen LogP contribution >= 0.6 is 11.6 Å². The van der Waals surface area contributed by atoms with Crippen LogP contribution in [0.3, 0.4) is 0 Å². The standard InChI is InChI=1S/C28H28N6O3.C20H21ClN4O3S/c1-17(35)34-13-10-19(11-14-34)18-3-6-22(7-4-18)32-26-25-20(9-12-30-28(25)37)15-24(33-26)21-5-8-23(31-16-21)27(36)29-2;1-29(27,28)25-10-2-3-15(12-25)13-4-6-16(7-5-13)23-19-18-14(11-17(21)24-19)8-9-22-20(18)26/h3-9,12,15-16,19H,10-11,13-14H2,1-2H3,(H,29,36)(H,30,37)(H,32,33);4-9,11,15H,2-3,10,12H2,1H3,(H,22,26)(H,23,24). The van der Waals surface area contributed by atoms with Gasteiger partial charge in [-0.25, -0.2) is 22.7 Å². The van der Waals surface area contributed by atoms with Crippen LogP contribution in [-0.2, 0) is 14.8 Å². The van der Waals surface area contributed by atoms with Crippen molar-refractivity contribution in [3.8, 4) is 11.3 Å². The number of halogens is 1. The molecule has 16 nitrogen and oxygen atoms in total. The van der Waals surface area contributed by atoms with E-state index in [-0.39, 0.29) is 28.9 Å². The number of rotatable bonds is 9. The lowest BCUT2D eigenvalue weighted by Crippen LogP contribution is -2.38. The number of piperidine rings is 2. The van der Waals surface area contributed by atoms with Gasteiger partial charge in [-0.2, -0.15) is 0 Å². The van der Waals surface area contributed by atoms with E-state index >= 15 is 0 Å². The fraction of sp³-hybridized carbons (Fsp3) is 0.271. The smallest absolute Gasteiger partial charge is 0.269 e. The van der Waals surface area contributed by atoms with Gasteiger partial charge in [0.05, 0.1) is 22.7 Å². The van der Waals surface area contributed by atoms with E-state index in [9.17, 15) is 27.6 Å². The van der Waals surface area contributed by atoms with Crippen LogP contribution in [0.5, 0.6) is 0 Å². The van der Waals surface area contributed by atoms with Crippen LogP contribution in [0.4, 0.5) is 23.0 Å². The summed E-state index contributed by atoms with van der Waals surface area (Å²) in [5.74, 6) is 1.28. The molecule has 9 rings (SSSR count). The fourth-order valence-electron chi connectivity index (χ4n) is 8.53. The third kappa shape index (κ3) is 10.4. The Labute approximate surface area is 385 Å². The van der Waals surface area contributed by atoms with Crippen LogP contribution in [0, 0.1) is 0 Å². The molecule has 0 radical (unpaired) electrons. The van der Waals surface area contributed by atoms with E-state index < -0.39 is 10.0 Å². The minimum Gasteiger partial charge on any atom is -0.354 e. The monoisotopic (exact) mass is 928 g/mol. The summed E-state index contributed by atoms with van der Waals surface area (Å²) >= 11 is 6.10. The van der Waals surface area contributed by atoms with E-state index in [1.807, 2.05) is 53.4 Å². The molecule has 0 saturated carbocycles. The molecule has 0 bridgehead atoms. The normalized spacial score (nSPS) is 15.8. The number of sulfonamides is 1. The highest BCUT2D eigenvalue weighted by molar-refractivity contribution is 7.88. The third-order valence-electron chi connectivity index (χ3n) is 12.1. The van der Waals surface area contributed by atoms with Gasteiger partial charge >= 0.3 is 0 Å². The van der Waals surface area contributed by atoms with E-state index in [1.54, 1.807) is 61.1 Å². The van der Waals surface area contributed by atoms with Gasteiger partial charge in [0.1, 0.15) is 22.5 Å². The molecule has 2 saturated heterocycles. The molecule has 2 aliphatic heterocycles. The van der Waals surface area contributed by atoms with Gasteiger partial charge in [-0.3, -0.25) is 24.2 Å². The molecule has 1 atom stereocenters. The summed E-state index contributed by atoms with van der Waals surface area (Å²) in [6.45, 7) is 4.27. The average Bonchev–Trinajstić information content (AvgIpc) is 3.31. The highest BCUT2D eigenvalue weighted by atomic mass is 35.5. The van der Waals surface area contributed by atoms with Gasteiger partial charge in [-0.05, 0) is 120 Å². The van der Waals surface area contributed by atoms with Crippen LogP contribution in [0.15, 0.2) is 113 Å². The Morgan fingerprint density at radius 3 is 1.86 bits per heavy atom. The molecular formula is C48H49ClN10O6S. The van der Waals surface area contributed by atoms with Crippen molar-refractivity contribution in [2.24, 2.45) is 0 Å². The Morgan fingerprint density at radius 2 is 1.32 bits per heavy atom. The number of carbonyl (C=O) groups excluding carboxylic acids is 2. The number of pyridine rings is 5. The topological polar surface area (TPSA) is 215 Å². The zero-order valence-corrected chi connectivity index (χ0v) is 38.2. The zero-order chi connectivity index (χ0) is 46.5. The lowest BCUT2D eigenvalue weighted by atomic mass is 9.89. The number of anilines is 4. The van der Waals surface area contributed by atoms with Crippen molar-refractivity contribution in [3.63, 3.8) is 0 Å². The molecule has 5 aromatic heterocycles. The number of H-pyrrole nitrogens is 2. The second-order valence-corrected chi connectivity index (χ2v) is 18.8. The minimum atomic E-state index is -3.18. The van der Waals surface area contributed by atoms with Crippen molar-refractivity contribution in [2.75, 3.05) is 50.1 Å². The third-order valence-corrected chi connectivity index (χ3v) is 13.5. The summed E-state index contributed by atoms with van der Waals surface area (Å²) < 4.78 is 25.2. The maximum atomic E-state index is 12.7. The summed E-state index contributed by atoms with van der Waals surface area (Å²) in [7, 11) is -1.62. The molecule has 2 fully saturated rings. The fourth-order valence-corrected chi connectivity index (χ4v) is 9.64. The number of benzene rings is 2. The predicted molar refractivity (Wildman–Crippen MR) is 258 cm³/mol. The number of fused-ring (bicyclic) bond motifs is 2. The van der Waals surface area contributed by atoms with Gasteiger partial charge < -0.3 is 30.8 Å². The number of amides is 2. The highest BCUT2D eigenvalue weighted by Crippen LogP contribution is 2.33. The van der Waals surface area contributed by atoms with E-state index in [4.69, 9.17) is 16.6 Å². The van der Waals surface area contributed by atoms with E-state index in [0.29, 0.717) is 63.3 Å². The number of hydrogen-bond acceptors (Lipinski definition) is 11. The van der Waals surface area contributed by atoms with Crippen molar-refractivity contribution in [3.05, 3.63) is 146 Å². The first-order chi connectivity index (χ1) is 31.7. The summed E-state index contributed by atoms with van der Waals surface area (Å²) in [4.78, 5) is 68.9. The molecule has 1 unspecified atom stereocenters. The van der Waals surface area contributed by atoms with Gasteiger partial charge in [-0.1, -0.05) is 35.9 Å². The Hall–Kier alpha value is -6.95. The molecule has 2 amide bonds. The lowest BCUT2D eigenvalue weighted by molar-refractivity contribution is -0.129. The Morgan fingerprint density at radius 1 is 0.742 bits per heavy atom. The second kappa shape index (κ2) is 19.7. The molecule has 7 heterocycles. The number of aromatic amines is 2. The zero-order valence-electron chi connectivity index (χ0n) is 36.6. The van der Waals surface area contributed by atoms with Gasteiger partial charge in [0, 0.05) is 75.7 Å². The number of hydrogen-bond donors (Lipinski definition) is 5. The van der Waals surface area contributed by atoms with Gasteiger partial charge in [-0.15, -0.1) is 0 Å². The largest absolute Gasteiger partial charge is 0.354 e. The first-order valence-corrected chi connectivity index (χ1v) is 23.8. The van der Waals surface area contributed by atoms with Crippen molar-refractivity contribution < 1.29 is 18.0 Å². The first-order valence-electron chi connectivity index (χ1n) is 21.6. The summed E-state index contributed by atoms with van der Waals surface area (Å²) in [6.07, 6.45) is 9.73. The summed E-state index contributed by atoms with van der Waals surface area (Å²) in [5, 5.41) is 11.7. The molecule has 340 valence electrons. The molecule has 2 aromatic carbocycles. The first kappa shape index (κ1) is 45.6. The molecule has 66 heavy (non-hydrogen) atoms. The maximum Gasteiger partial charge on any atom is 0.269 e. The lowest BCUT2D eigenvalue weighted by Gasteiger charge is -2.31. The van der Waals surface area contributed by atoms with E-state index in [0.717, 1.165) is 66.7 Å². The Bertz CT molecular complexity index is 3140. The van der Waals surface area contributed by atoms with Crippen molar-refractivity contribution in [1.29, 1.82) is 0 Å².